The summed E-state index contributed by atoms with van der Waals surface area (Å²) in [5.74, 6) is 0.711. The number of aliphatic hydroxyl groups excluding tert-OH is 2. The SMILES string of the molecule is CC(C)CCCOCC(O)CNC1CCCCC1O. The average Bonchev–Trinajstić information content (AvgIpc) is 2.37. The molecule has 0 saturated heterocycles. The third-order valence-electron chi connectivity index (χ3n) is 3.73. The van der Waals surface area contributed by atoms with Gasteiger partial charge in [0.2, 0.25) is 0 Å². The van der Waals surface area contributed by atoms with E-state index in [0.717, 1.165) is 38.7 Å². The van der Waals surface area contributed by atoms with Crippen molar-refractivity contribution in [3.8, 4) is 0 Å². The van der Waals surface area contributed by atoms with Gasteiger partial charge in [-0.1, -0.05) is 26.7 Å². The van der Waals surface area contributed by atoms with Crippen LogP contribution < -0.4 is 5.32 Å². The molecule has 4 heteroatoms. The summed E-state index contributed by atoms with van der Waals surface area (Å²) in [7, 11) is 0. The maximum atomic E-state index is 9.81. The highest BCUT2D eigenvalue weighted by atomic mass is 16.5. The molecule has 1 saturated carbocycles. The molecule has 1 aliphatic carbocycles. The van der Waals surface area contributed by atoms with E-state index in [2.05, 4.69) is 19.2 Å². The Hall–Kier alpha value is -0.160. The first kappa shape index (κ1) is 16.9. The van der Waals surface area contributed by atoms with Crippen molar-refractivity contribution < 1.29 is 14.9 Å². The molecule has 0 amide bonds. The topological polar surface area (TPSA) is 61.7 Å². The maximum absolute atomic E-state index is 9.81. The first-order valence-electron chi connectivity index (χ1n) is 7.77. The summed E-state index contributed by atoms with van der Waals surface area (Å²) in [6.07, 6.45) is 5.64. The summed E-state index contributed by atoms with van der Waals surface area (Å²) in [4.78, 5) is 0. The molecule has 0 aromatic carbocycles. The Morgan fingerprint density at radius 1 is 1.26 bits per heavy atom. The van der Waals surface area contributed by atoms with E-state index < -0.39 is 6.10 Å². The van der Waals surface area contributed by atoms with Gasteiger partial charge < -0.3 is 20.3 Å². The lowest BCUT2D eigenvalue weighted by molar-refractivity contribution is 0.0258. The molecular formula is C15H31NO3. The van der Waals surface area contributed by atoms with E-state index in [0.29, 0.717) is 19.1 Å². The van der Waals surface area contributed by atoms with Gasteiger partial charge in [0.1, 0.15) is 0 Å². The standard InChI is InChI=1S/C15H31NO3/c1-12(2)6-5-9-19-11-13(17)10-16-14-7-3-4-8-15(14)18/h12-18H,3-11H2,1-2H3. The van der Waals surface area contributed by atoms with Crippen LogP contribution in [0.4, 0.5) is 0 Å². The highest BCUT2D eigenvalue weighted by molar-refractivity contribution is 4.81. The Morgan fingerprint density at radius 3 is 2.68 bits per heavy atom. The molecule has 3 N–H and O–H groups in total. The molecule has 3 atom stereocenters. The summed E-state index contributed by atoms with van der Waals surface area (Å²) < 4.78 is 5.46. The summed E-state index contributed by atoms with van der Waals surface area (Å²) >= 11 is 0. The van der Waals surface area contributed by atoms with Crippen molar-refractivity contribution >= 4 is 0 Å². The molecule has 0 aromatic heterocycles. The van der Waals surface area contributed by atoms with E-state index in [-0.39, 0.29) is 12.1 Å². The highest BCUT2D eigenvalue weighted by Gasteiger charge is 2.22. The van der Waals surface area contributed by atoms with Crippen LogP contribution in [0.2, 0.25) is 0 Å². The van der Waals surface area contributed by atoms with Crippen molar-refractivity contribution in [3.05, 3.63) is 0 Å². The quantitative estimate of drug-likeness (QED) is 0.560. The zero-order valence-electron chi connectivity index (χ0n) is 12.5. The smallest absolute Gasteiger partial charge is 0.0897 e. The second-order valence-electron chi connectivity index (χ2n) is 6.13. The van der Waals surface area contributed by atoms with Gasteiger partial charge in [-0.05, 0) is 31.6 Å². The normalized spacial score (nSPS) is 25.7. The third-order valence-corrected chi connectivity index (χ3v) is 3.73. The Labute approximate surface area is 117 Å². The molecule has 0 radical (unpaired) electrons. The van der Waals surface area contributed by atoms with Gasteiger partial charge in [-0.15, -0.1) is 0 Å². The molecule has 4 nitrogen and oxygen atoms in total. The van der Waals surface area contributed by atoms with Gasteiger partial charge in [0.25, 0.3) is 0 Å². The van der Waals surface area contributed by atoms with Crippen LogP contribution in [0, 0.1) is 5.92 Å². The van der Waals surface area contributed by atoms with Crippen LogP contribution in [0.3, 0.4) is 0 Å². The lowest BCUT2D eigenvalue weighted by Crippen LogP contribution is -2.45. The molecule has 19 heavy (non-hydrogen) atoms. The van der Waals surface area contributed by atoms with Crippen LogP contribution >= 0.6 is 0 Å². The van der Waals surface area contributed by atoms with E-state index in [9.17, 15) is 10.2 Å². The van der Waals surface area contributed by atoms with Crippen LogP contribution in [0.1, 0.15) is 52.4 Å². The van der Waals surface area contributed by atoms with Crippen molar-refractivity contribution in [2.24, 2.45) is 5.92 Å². The maximum Gasteiger partial charge on any atom is 0.0897 e. The number of hydrogen-bond acceptors (Lipinski definition) is 4. The minimum Gasteiger partial charge on any atom is -0.392 e. The Balaban J connectivity index is 1.99. The molecule has 1 aliphatic rings. The van der Waals surface area contributed by atoms with E-state index in [1.54, 1.807) is 0 Å². The molecule has 0 bridgehead atoms. The summed E-state index contributed by atoms with van der Waals surface area (Å²) in [6, 6.07) is 0.143. The van der Waals surface area contributed by atoms with Gasteiger partial charge in [0, 0.05) is 19.2 Å². The monoisotopic (exact) mass is 273 g/mol. The van der Waals surface area contributed by atoms with Crippen molar-refractivity contribution in [3.63, 3.8) is 0 Å². The van der Waals surface area contributed by atoms with Crippen molar-refractivity contribution in [2.75, 3.05) is 19.8 Å². The Kier molecular flexibility index (Phi) is 8.62. The van der Waals surface area contributed by atoms with E-state index in [1.807, 2.05) is 0 Å². The van der Waals surface area contributed by atoms with Gasteiger partial charge in [-0.25, -0.2) is 0 Å². The van der Waals surface area contributed by atoms with Gasteiger partial charge in [-0.3, -0.25) is 0 Å². The number of nitrogens with one attached hydrogen (secondary N) is 1. The summed E-state index contributed by atoms with van der Waals surface area (Å²) in [5.41, 5.74) is 0. The summed E-state index contributed by atoms with van der Waals surface area (Å²) in [5, 5.41) is 22.9. The first-order valence-corrected chi connectivity index (χ1v) is 7.77. The van der Waals surface area contributed by atoms with E-state index >= 15 is 0 Å². The Bertz CT molecular complexity index is 223. The predicted molar refractivity (Wildman–Crippen MR) is 77.2 cm³/mol. The fourth-order valence-corrected chi connectivity index (χ4v) is 2.51. The Morgan fingerprint density at radius 2 is 2.00 bits per heavy atom. The number of hydrogen-bond donors (Lipinski definition) is 3. The van der Waals surface area contributed by atoms with Crippen LogP contribution in [0.5, 0.6) is 0 Å². The van der Waals surface area contributed by atoms with Crippen molar-refractivity contribution in [1.29, 1.82) is 0 Å². The molecule has 0 heterocycles. The largest absolute Gasteiger partial charge is 0.392 e. The average molecular weight is 273 g/mol. The molecule has 3 unspecified atom stereocenters. The van der Waals surface area contributed by atoms with Gasteiger partial charge in [0.15, 0.2) is 0 Å². The first-order chi connectivity index (χ1) is 9.09. The fraction of sp³-hybridized carbons (Fsp3) is 1.00. The molecular weight excluding hydrogens is 242 g/mol. The van der Waals surface area contributed by atoms with Gasteiger partial charge in [0.05, 0.1) is 18.8 Å². The predicted octanol–water partition coefficient (Wildman–Crippen LogP) is 1.69. The van der Waals surface area contributed by atoms with Crippen LogP contribution in [0.15, 0.2) is 0 Å². The van der Waals surface area contributed by atoms with E-state index in [4.69, 9.17) is 4.74 Å². The van der Waals surface area contributed by atoms with Crippen LogP contribution in [-0.2, 0) is 4.74 Å². The lowest BCUT2D eigenvalue weighted by atomic mass is 9.92. The minimum atomic E-state index is -0.479. The third kappa shape index (κ3) is 7.88. The number of ether oxygens (including phenoxy) is 1. The highest BCUT2D eigenvalue weighted by Crippen LogP contribution is 2.18. The fourth-order valence-electron chi connectivity index (χ4n) is 2.51. The number of aliphatic hydroxyl groups is 2. The number of rotatable bonds is 9. The minimum absolute atomic E-state index is 0.143. The van der Waals surface area contributed by atoms with Gasteiger partial charge in [-0.2, -0.15) is 0 Å². The van der Waals surface area contributed by atoms with Crippen LogP contribution in [-0.4, -0.2) is 48.2 Å². The molecule has 0 spiro atoms. The lowest BCUT2D eigenvalue weighted by Gasteiger charge is -2.29. The van der Waals surface area contributed by atoms with Crippen LogP contribution in [0.25, 0.3) is 0 Å². The van der Waals surface area contributed by atoms with Crippen molar-refractivity contribution in [1.82, 2.24) is 5.32 Å². The zero-order chi connectivity index (χ0) is 14.1. The second kappa shape index (κ2) is 9.70. The molecule has 114 valence electrons. The van der Waals surface area contributed by atoms with Crippen molar-refractivity contribution in [2.45, 2.75) is 70.6 Å². The molecule has 0 aliphatic heterocycles. The second-order valence-corrected chi connectivity index (χ2v) is 6.13. The zero-order valence-corrected chi connectivity index (χ0v) is 12.5. The molecule has 1 rings (SSSR count). The molecule has 0 aromatic rings. The molecule has 1 fully saturated rings. The summed E-state index contributed by atoms with van der Waals surface area (Å²) in [6.45, 7) is 6.02. The van der Waals surface area contributed by atoms with Gasteiger partial charge >= 0.3 is 0 Å². The van der Waals surface area contributed by atoms with E-state index in [1.165, 1.54) is 6.42 Å².